The van der Waals surface area contributed by atoms with Crippen LogP contribution in [-0.4, -0.2) is 34.9 Å². The first-order valence-electron chi connectivity index (χ1n) is 11.5. The predicted octanol–water partition coefficient (Wildman–Crippen LogP) is 5.98. The summed E-state index contributed by atoms with van der Waals surface area (Å²) in [6.45, 7) is 2.92. The number of carbonyl (C=O) groups is 2. The van der Waals surface area contributed by atoms with Crippen molar-refractivity contribution in [2.45, 2.75) is 45.4 Å². The monoisotopic (exact) mass is 498 g/mol. The maximum atomic E-state index is 12.9. The molecule has 1 aliphatic heterocycles. The van der Waals surface area contributed by atoms with Gasteiger partial charge < -0.3 is 9.47 Å². The number of ether oxygens (including phenoxy) is 2. The number of benzene rings is 2. The molecule has 34 heavy (non-hydrogen) atoms. The molecule has 0 aromatic heterocycles. The van der Waals surface area contributed by atoms with Gasteiger partial charge in [0.1, 0.15) is 11.5 Å². The van der Waals surface area contributed by atoms with E-state index in [2.05, 4.69) is 12.3 Å². The van der Waals surface area contributed by atoms with Crippen LogP contribution in [0.3, 0.4) is 0 Å². The molecule has 1 N–H and O–H groups in total. The van der Waals surface area contributed by atoms with Gasteiger partial charge in [0, 0.05) is 0 Å². The van der Waals surface area contributed by atoms with Crippen LogP contribution in [0.5, 0.6) is 11.5 Å². The second-order valence-electron chi connectivity index (χ2n) is 7.84. The third-order valence-electron chi connectivity index (χ3n) is 5.30. The summed E-state index contributed by atoms with van der Waals surface area (Å²) >= 11 is 6.46. The largest absolute Gasteiger partial charge is 0.496 e. The molecule has 0 spiro atoms. The van der Waals surface area contributed by atoms with Crippen LogP contribution in [-0.2, 0) is 4.79 Å². The lowest BCUT2D eigenvalue weighted by atomic mass is 10.1. The summed E-state index contributed by atoms with van der Waals surface area (Å²) in [5, 5.41) is 1.10. The molecule has 0 unspecified atom stereocenters. The second-order valence-corrected chi connectivity index (χ2v) is 9.52. The van der Waals surface area contributed by atoms with Crippen molar-refractivity contribution in [3.63, 3.8) is 0 Å². The van der Waals surface area contributed by atoms with Gasteiger partial charge in [-0.1, -0.05) is 75.1 Å². The molecule has 1 saturated heterocycles. The Hall–Kier alpha value is -2.84. The number of hydrogen-bond acceptors (Lipinski definition) is 6. The highest BCUT2D eigenvalue weighted by Crippen LogP contribution is 2.32. The molecule has 2 aromatic carbocycles. The molecule has 8 heteroatoms. The van der Waals surface area contributed by atoms with E-state index >= 15 is 0 Å². The summed E-state index contributed by atoms with van der Waals surface area (Å²) in [5.74, 6) is 0.380. The third kappa shape index (κ3) is 7.08. The van der Waals surface area contributed by atoms with Crippen LogP contribution in [0.15, 0.2) is 53.4 Å². The third-order valence-corrected chi connectivity index (χ3v) is 6.61. The van der Waals surface area contributed by atoms with E-state index in [0.717, 1.165) is 34.5 Å². The van der Waals surface area contributed by atoms with E-state index in [1.54, 1.807) is 30.3 Å². The highest BCUT2D eigenvalue weighted by atomic mass is 32.2. The number of nitrogens with one attached hydrogen (secondary N) is 1. The van der Waals surface area contributed by atoms with Crippen molar-refractivity contribution < 1.29 is 19.1 Å². The molecule has 2 amide bonds. The topological polar surface area (TPSA) is 67.9 Å². The number of thioether (sulfide) groups is 1. The Bertz CT molecular complexity index is 1040. The maximum Gasteiger partial charge on any atom is 0.285 e. The molecule has 0 atom stereocenters. The normalized spacial score (nSPS) is 14.5. The van der Waals surface area contributed by atoms with Crippen LogP contribution >= 0.6 is 24.0 Å². The van der Waals surface area contributed by atoms with E-state index in [1.165, 1.54) is 39.2 Å². The number of para-hydroxylation sites is 1. The van der Waals surface area contributed by atoms with Crippen molar-refractivity contribution in [2.24, 2.45) is 0 Å². The molecule has 0 saturated carbocycles. The summed E-state index contributed by atoms with van der Waals surface area (Å²) in [5.41, 5.74) is 3.75. The van der Waals surface area contributed by atoms with Gasteiger partial charge in [-0.3, -0.25) is 15.0 Å². The molecule has 180 valence electrons. The van der Waals surface area contributed by atoms with Crippen LogP contribution in [0, 0.1) is 0 Å². The van der Waals surface area contributed by atoms with Gasteiger partial charge in [-0.2, -0.15) is 5.01 Å². The lowest BCUT2D eigenvalue weighted by Crippen LogP contribution is -2.44. The van der Waals surface area contributed by atoms with Gasteiger partial charge in [-0.05, 0) is 54.5 Å². The average Bonchev–Trinajstić information content (AvgIpc) is 3.11. The van der Waals surface area contributed by atoms with E-state index in [0.29, 0.717) is 22.8 Å². The number of hydrogen-bond donors (Lipinski definition) is 1. The van der Waals surface area contributed by atoms with Gasteiger partial charge in [-0.15, -0.1) is 0 Å². The van der Waals surface area contributed by atoms with Gasteiger partial charge >= 0.3 is 0 Å². The van der Waals surface area contributed by atoms with E-state index in [4.69, 9.17) is 21.7 Å². The summed E-state index contributed by atoms with van der Waals surface area (Å²) in [7, 11) is 1.49. The lowest BCUT2D eigenvalue weighted by Gasteiger charge is -2.16. The smallest absolute Gasteiger partial charge is 0.285 e. The van der Waals surface area contributed by atoms with E-state index in [-0.39, 0.29) is 10.2 Å². The molecule has 1 heterocycles. The number of hydrazine groups is 1. The van der Waals surface area contributed by atoms with Crippen LogP contribution < -0.4 is 14.9 Å². The van der Waals surface area contributed by atoms with Crippen LogP contribution in [0.1, 0.15) is 61.4 Å². The zero-order valence-corrected chi connectivity index (χ0v) is 21.2. The van der Waals surface area contributed by atoms with Crippen molar-refractivity contribution in [1.29, 1.82) is 0 Å². The van der Waals surface area contributed by atoms with Crippen molar-refractivity contribution in [3.8, 4) is 11.5 Å². The standard InChI is InChI=1S/C26H30N2O4S2/c1-3-4-5-6-7-10-17-32-20-15-13-19(14-16-20)18-23-25(30)28(26(33)34-23)27-24(29)21-11-8-9-12-22(21)31-2/h8-9,11-16,18H,3-7,10,17H2,1-2H3,(H,27,29). The number of nitrogens with zero attached hydrogens (tertiary/aromatic N) is 1. The Morgan fingerprint density at radius 2 is 1.76 bits per heavy atom. The number of carbonyl (C=O) groups excluding carboxylic acids is 2. The van der Waals surface area contributed by atoms with Gasteiger partial charge in [0.15, 0.2) is 4.32 Å². The molecule has 0 radical (unpaired) electrons. The zero-order chi connectivity index (χ0) is 24.3. The van der Waals surface area contributed by atoms with Crippen molar-refractivity contribution in [3.05, 3.63) is 64.6 Å². The molecular formula is C26H30N2O4S2. The number of methoxy groups -OCH3 is 1. The Kier molecular flexibility index (Phi) is 9.97. The first kappa shape index (κ1) is 25.8. The highest BCUT2D eigenvalue weighted by Gasteiger charge is 2.34. The molecular weight excluding hydrogens is 468 g/mol. The summed E-state index contributed by atoms with van der Waals surface area (Å²) in [6, 6.07) is 14.4. The van der Waals surface area contributed by atoms with E-state index in [9.17, 15) is 9.59 Å². The first-order valence-corrected chi connectivity index (χ1v) is 12.7. The Labute approximate surface area is 210 Å². The molecule has 6 nitrogen and oxygen atoms in total. The molecule has 1 aliphatic rings. The number of thiocarbonyl (C=S) groups is 1. The quantitative estimate of drug-likeness (QED) is 0.221. The Balaban J connectivity index is 1.54. The second kappa shape index (κ2) is 13.2. The van der Waals surface area contributed by atoms with E-state index in [1.807, 2.05) is 24.3 Å². The van der Waals surface area contributed by atoms with Crippen molar-refractivity contribution in [2.75, 3.05) is 13.7 Å². The van der Waals surface area contributed by atoms with E-state index < -0.39 is 5.91 Å². The lowest BCUT2D eigenvalue weighted by molar-refractivity contribution is -0.123. The Morgan fingerprint density at radius 3 is 2.50 bits per heavy atom. The highest BCUT2D eigenvalue weighted by molar-refractivity contribution is 8.26. The molecule has 1 fully saturated rings. The SMILES string of the molecule is CCCCCCCCOc1ccc(C=C2SC(=S)N(NC(=O)c3ccccc3OC)C2=O)cc1. The fourth-order valence-corrected chi connectivity index (χ4v) is 4.62. The van der Waals surface area contributed by atoms with Crippen LogP contribution in [0.4, 0.5) is 0 Å². The van der Waals surface area contributed by atoms with Crippen molar-refractivity contribution in [1.82, 2.24) is 10.4 Å². The fourth-order valence-electron chi connectivity index (χ4n) is 3.44. The van der Waals surface area contributed by atoms with Gasteiger partial charge in [0.05, 0.1) is 24.2 Å². The van der Waals surface area contributed by atoms with Gasteiger partial charge in [0.2, 0.25) is 0 Å². The number of unbranched alkanes of at least 4 members (excludes halogenated alkanes) is 5. The molecule has 0 aliphatic carbocycles. The molecule has 0 bridgehead atoms. The van der Waals surface area contributed by atoms with Crippen LogP contribution in [0.2, 0.25) is 0 Å². The van der Waals surface area contributed by atoms with Gasteiger partial charge in [0.25, 0.3) is 11.8 Å². The van der Waals surface area contributed by atoms with Crippen LogP contribution in [0.25, 0.3) is 6.08 Å². The number of amides is 2. The summed E-state index contributed by atoms with van der Waals surface area (Å²) < 4.78 is 11.3. The van der Waals surface area contributed by atoms with Gasteiger partial charge in [-0.25, -0.2) is 0 Å². The molecule has 3 rings (SSSR count). The summed E-state index contributed by atoms with van der Waals surface area (Å²) in [4.78, 5) is 26.0. The number of rotatable bonds is 12. The predicted molar refractivity (Wildman–Crippen MR) is 141 cm³/mol. The average molecular weight is 499 g/mol. The first-order chi connectivity index (χ1) is 16.5. The minimum absolute atomic E-state index is 0.262. The fraction of sp³-hybridized carbons (Fsp3) is 0.346. The van der Waals surface area contributed by atoms with Crippen molar-refractivity contribution >= 4 is 46.2 Å². The Morgan fingerprint density at radius 1 is 1.06 bits per heavy atom. The minimum Gasteiger partial charge on any atom is -0.496 e. The zero-order valence-electron chi connectivity index (χ0n) is 19.5. The maximum absolute atomic E-state index is 12.9. The minimum atomic E-state index is -0.470. The molecule has 2 aromatic rings. The summed E-state index contributed by atoms with van der Waals surface area (Å²) in [6.07, 6.45) is 9.10.